The number of halogens is 2. The number of rotatable bonds is 15. The van der Waals surface area contributed by atoms with Crippen LogP contribution in [-0.4, -0.2) is 45.3 Å². The molecule has 2 aromatic rings. The zero-order chi connectivity index (χ0) is 20.7. The molecule has 160 valence electrons. The SMILES string of the molecule is NCCNCCNCCNC(CCc1ccc(Cl)cc1)CCc1ccc(Cl)cc1. The van der Waals surface area contributed by atoms with Gasteiger partial charge in [-0.25, -0.2) is 0 Å². The van der Waals surface area contributed by atoms with Gasteiger partial charge in [-0.05, 0) is 61.1 Å². The van der Waals surface area contributed by atoms with Crippen LogP contribution in [-0.2, 0) is 12.8 Å². The minimum atomic E-state index is 0.471. The minimum Gasteiger partial charge on any atom is -0.329 e. The van der Waals surface area contributed by atoms with Gasteiger partial charge in [0, 0.05) is 55.4 Å². The van der Waals surface area contributed by atoms with Gasteiger partial charge in [0.2, 0.25) is 0 Å². The lowest BCUT2D eigenvalue weighted by Crippen LogP contribution is -2.38. The lowest BCUT2D eigenvalue weighted by molar-refractivity contribution is 0.446. The molecule has 6 heteroatoms. The van der Waals surface area contributed by atoms with Crippen molar-refractivity contribution in [1.82, 2.24) is 16.0 Å². The Bertz CT molecular complexity index is 612. The highest BCUT2D eigenvalue weighted by molar-refractivity contribution is 6.30. The average molecular weight is 437 g/mol. The summed E-state index contributed by atoms with van der Waals surface area (Å²) < 4.78 is 0. The van der Waals surface area contributed by atoms with Gasteiger partial charge in [0.15, 0.2) is 0 Å². The van der Waals surface area contributed by atoms with E-state index in [1.165, 1.54) is 11.1 Å². The molecule has 29 heavy (non-hydrogen) atoms. The Morgan fingerprint density at radius 3 is 1.59 bits per heavy atom. The lowest BCUT2D eigenvalue weighted by atomic mass is 9.99. The van der Waals surface area contributed by atoms with Gasteiger partial charge in [0.1, 0.15) is 0 Å². The molecule has 2 aromatic carbocycles. The first-order valence-corrected chi connectivity index (χ1v) is 11.3. The molecule has 0 amide bonds. The number of hydrogen-bond acceptors (Lipinski definition) is 4. The van der Waals surface area contributed by atoms with E-state index >= 15 is 0 Å². The van der Waals surface area contributed by atoms with E-state index in [0.29, 0.717) is 12.6 Å². The second-order valence-corrected chi connectivity index (χ2v) is 8.14. The Kier molecular flexibility index (Phi) is 12.3. The quantitative estimate of drug-likeness (QED) is 0.321. The van der Waals surface area contributed by atoms with E-state index in [2.05, 4.69) is 40.2 Å². The number of nitrogens with one attached hydrogen (secondary N) is 3. The van der Waals surface area contributed by atoms with Crippen LogP contribution in [0.15, 0.2) is 48.5 Å². The van der Waals surface area contributed by atoms with Crippen molar-refractivity contribution in [2.75, 3.05) is 39.3 Å². The van der Waals surface area contributed by atoms with Crippen LogP contribution in [0.2, 0.25) is 10.0 Å². The largest absolute Gasteiger partial charge is 0.329 e. The van der Waals surface area contributed by atoms with Crippen LogP contribution >= 0.6 is 23.2 Å². The summed E-state index contributed by atoms with van der Waals surface area (Å²) in [6, 6.07) is 16.8. The number of hydrogen-bond donors (Lipinski definition) is 4. The highest BCUT2D eigenvalue weighted by atomic mass is 35.5. The highest BCUT2D eigenvalue weighted by Crippen LogP contribution is 2.15. The van der Waals surface area contributed by atoms with Gasteiger partial charge in [0.25, 0.3) is 0 Å². The fourth-order valence-electron chi connectivity index (χ4n) is 3.23. The van der Waals surface area contributed by atoms with Crippen LogP contribution < -0.4 is 21.7 Å². The molecule has 0 heterocycles. The van der Waals surface area contributed by atoms with Gasteiger partial charge in [-0.2, -0.15) is 0 Å². The molecular weight excluding hydrogens is 403 g/mol. The maximum Gasteiger partial charge on any atom is 0.0406 e. The summed E-state index contributed by atoms with van der Waals surface area (Å²) in [4.78, 5) is 0. The first-order valence-electron chi connectivity index (χ1n) is 10.5. The van der Waals surface area contributed by atoms with Crippen LogP contribution in [0.5, 0.6) is 0 Å². The Morgan fingerprint density at radius 2 is 1.10 bits per heavy atom. The highest BCUT2D eigenvalue weighted by Gasteiger charge is 2.09. The first kappa shape index (κ1) is 24.1. The Hall–Kier alpha value is -1.14. The van der Waals surface area contributed by atoms with Gasteiger partial charge < -0.3 is 21.7 Å². The maximum atomic E-state index is 6.00. The molecule has 0 aromatic heterocycles. The third-order valence-electron chi connectivity index (χ3n) is 4.92. The second-order valence-electron chi connectivity index (χ2n) is 7.27. The summed E-state index contributed by atoms with van der Waals surface area (Å²) in [6.45, 7) is 5.39. The molecule has 0 radical (unpaired) electrons. The predicted octanol–water partition coefficient (Wildman–Crippen LogP) is 3.65. The van der Waals surface area contributed by atoms with E-state index in [4.69, 9.17) is 28.9 Å². The van der Waals surface area contributed by atoms with E-state index in [1.807, 2.05) is 24.3 Å². The summed E-state index contributed by atoms with van der Waals surface area (Å²) >= 11 is 12.0. The third-order valence-corrected chi connectivity index (χ3v) is 5.43. The fourth-order valence-corrected chi connectivity index (χ4v) is 3.48. The molecule has 2 rings (SSSR count). The van der Waals surface area contributed by atoms with Gasteiger partial charge in [-0.15, -0.1) is 0 Å². The van der Waals surface area contributed by atoms with E-state index < -0.39 is 0 Å². The van der Waals surface area contributed by atoms with Crippen molar-refractivity contribution >= 4 is 23.2 Å². The van der Waals surface area contributed by atoms with Crippen molar-refractivity contribution in [3.63, 3.8) is 0 Å². The van der Waals surface area contributed by atoms with E-state index in [-0.39, 0.29) is 0 Å². The standard InChI is InChI=1S/C23H34Cl2N4/c24-21-7-1-19(2-8-21)5-11-23(12-6-20-3-9-22(25)10-4-20)29-18-17-28-16-15-27-14-13-26/h1-4,7-10,23,27-29H,5-6,11-18,26H2. The topological polar surface area (TPSA) is 62.1 Å². The van der Waals surface area contributed by atoms with Gasteiger partial charge in [-0.1, -0.05) is 47.5 Å². The predicted molar refractivity (Wildman–Crippen MR) is 126 cm³/mol. The fraction of sp³-hybridized carbons (Fsp3) is 0.478. The van der Waals surface area contributed by atoms with Gasteiger partial charge in [0.05, 0.1) is 0 Å². The van der Waals surface area contributed by atoms with Gasteiger partial charge in [-0.3, -0.25) is 0 Å². The normalized spacial score (nSPS) is 11.3. The van der Waals surface area contributed by atoms with Crippen LogP contribution in [0, 0.1) is 0 Å². The summed E-state index contributed by atoms with van der Waals surface area (Å²) in [5, 5.41) is 12.1. The summed E-state index contributed by atoms with van der Waals surface area (Å²) in [6.07, 6.45) is 4.30. The second kappa shape index (κ2) is 14.8. The molecule has 0 spiro atoms. The van der Waals surface area contributed by atoms with Crippen molar-refractivity contribution in [3.05, 3.63) is 69.7 Å². The van der Waals surface area contributed by atoms with Crippen LogP contribution in [0.3, 0.4) is 0 Å². The molecule has 0 saturated carbocycles. The molecule has 0 atom stereocenters. The average Bonchev–Trinajstić information content (AvgIpc) is 2.73. The minimum absolute atomic E-state index is 0.471. The van der Waals surface area contributed by atoms with Gasteiger partial charge >= 0.3 is 0 Å². The van der Waals surface area contributed by atoms with Crippen molar-refractivity contribution < 1.29 is 0 Å². The van der Waals surface area contributed by atoms with Crippen molar-refractivity contribution in [1.29, 1.82) is 0 Å². The zero-order valence-corrected chi connectivity index (χ0v) is 18.6. The molecule has 0 saturated heterocycles. The van der Waals surface area contributed by atoms with Crippen molar-refractivity contribution in [2.24, 2.45) is 5.73 Å². The van der Waals surface area contributed by atoms with E-state index in [0.717, 1.165) is 68.5 Å². The Morgan fingerprint density at radius 1 is 0.655 bits per heavy atom. The molecule has 0 aliphatic carbocycles. The lowest BCUT2D eigenvalue weighted by Gasteiger charge is -2.19. The molecular formula is C23H34Cl2N4. The van der Waals surface area contributed by atoms with E-state index in [1.54, 1.807) is 0 Å². The molecule has 4 nitrogen and oxygen atoms in total. The molecule has 0 unspecified atom stereocenters. The monoisotopic (exact) mass is 436 g/mol. The van der Waals surface area contributed by atoms with Crippen LogP contribution in [0.1, 0.15) is 24.0 Å². The van der Waals surface area contributed by atoms with Crippen LogP contribution in [0.25, 0.3) is 0 Å². The Labute approximate surface area is 185 Å². The maximum absolute atomic E-state index is 6.00. The smallest absolute Gasteiger partial charge is 0.0406 e. The van der Waals surface area contributed by atoms with E-state index in [9.17, 15) is 0 Å². The zero-order valence-electron chi connectivity index (χ0n) is 17.1. The summed E-state index contributed by atoms with van der Waals surface area (Å²) in [5.41, 5.74) is 8.13. The van der Waals surface area contributed by atoms with Crippen molar-refractivity contribution in [2.45, 2.75) is 31.7 Å². The number of nitrogens with two attached hydrogens (primary N) is 1. The molecule has 0 aliphatic heterocycles. The summed E-state index contributed by atoms with van der Waals surface area (Å²) in [5.74, 6) is 0. The van der Waals surface area contributed by atoms with Crippen LogP contribution in [0.4, 0.5) is 0 Å². The number of aryl methyl sites for hydroxylation is 2. The molecule has 0 bridgehead atoms. The number of benzene rings is 2. The summed E-state index contributed by atoms with van der Waals surface area (Å²) in [7, 11) is 0. The Balaban J connectivity index is 1.75. The molecule has 0 aliphatic rings. The molecule has 5 N–H and O–H groups in total. The first-order chi connectivity index (χ1) is 14.2. The molecule has 0 fully saturated rings. The third kappa shape index (κ3) is 11.0. The van der Waals surface area contributed by atoms with Crippen molar-refractivity contribution in [3.8, 4) is 0 Å².